The van der Waals surface area contributed by atoms with E-state index in [9.17, 15) is 0 Å². The van der Waals surface area contributed by atoms with Crippen molar-refractivity contribution in [2.75, 3.05) is 0 Å². The number of rotatable bonds is 2. The van der Waals surface area contributed by atoms with Gasteiger partial charge in [-0.3, -0.25) is 0 Å². The highest BCUT2D eigenvalue weighted by Gasteiger charge is 2.03. The van der Waals surface area contributed by atoms with E-state index in [1.165, 1.54) is 5.56 Å². The summed E-state index contributed by atoms with van der Waals surface area (Å²) in [5.41, 5.74) is 2.49. The Labute approximate surface area is 75.9 Å². The van der Waals surface area contributed by atoms with Gasteiger partial charge in [-0.2, -0.15) is 0 Å². The number of hydrogen-bond acceptors (Lipinski definition) is 4. The molecule has 0 aliphatic carbocycles. The Morgan fingerprint density at radius 1 is 1.38 bits per heavy atom. The monoisotopic (exact) mass is 177 g/mol. The van der Waals surface area contributed by atoms with Gasteiger partial charge in [0, 0.05) is 6.20 Å². The molecule has 13 heavy (non-hydrogen) atoms. The molecule has 0 saturated carbocycles. The van der Waals surface area contributed by atoms with Crippen molar-refractivity contribution in [2.45, 2.75) is 20.3 Å². The zero-order valence-electron chi connectivity index (χ0n) is 7.69. The SMILES string of the molecule is CC(C)Cc1cnc2nonc2c1. The Hall–Kier alpha value is -1.45. The third-order valence-corrected chi connectivity index (χ3v) is 1.81. The van der Waals surface area contributed by atoms with Crippen molar-refractivity contribution < 1.29 is 4.63 Å². The van der Waals surface area contributed by atoms with Gasteiger partial charge in [-0.15, -0.1) is 0 Å². The topological polar surface area (TPSA) is 51.8 Å². The fraction of sp³-hybridized carbons (Fsp3) is 0.444. The van der Waals surface area contributed by atoms with Crippen LogP contribution in [0.4, 0.5) is 0 Å². The van der Waals surface area contributed by atoms with E-state index < -0.39 is 0 Å². The first kappa shape index (κ1) is 8.16. The van der Waals surface area contributed by atoms with Crippen molar-refractivity contribution in [1.82, 2.24) is 15.3 Å². The normalized spacial score (nSPS) is 11.3. The van der Waals surface area contributed by atoms with Crippen LogP contribution in [0.2, 0.25) is 0 Å². The molecule has 68 valence electrons. The zero-order chi connectivity index (χ0) is 9.26. The van der Waals surface area contributed by atoms with E-state index in [2.05, 4.69) is 33.8 Å². The van der Waals surface area contributed by atoms with Gasteiger partial charge < -0.3 is 0 Å². The Morgan fingerprint density at radius 3 is 3.00 bits per heavy atom. The lowest BCUT2D eigenvalue weighted by molar-refractivity contribution is 0.315. The predicted octanol–water partition coefficient (Wildman–Crippen LogP) is 1.82. The molecule has 0 aromatic carbocycles. The van der Waals surface area contributed by atoms with E-state index >= 15 is 0 Å². The molecule has 2 heterocycles. The molecular weight excluding hydrogens is 166 g/mol. The first-order valence-electron chi connectivity index (χ1n) is 4.33. The van der Waals surface area contributed by atoms with Gasteiger partial charge in [0.1, 0.15) is 0 Å². The first-order valence-corrected chi connectivity index (χ1v) is 4.33. The molecule has 2 aromatic heterocycles. The highest BCUT2D eigenvalue weighted by atomic mass is 16.6. The van der Waals surface area contributed by atoms with Crippen molar-refractivity contribution in [1.29, 1.82) is 0 Å². The van der Waals surface area contributed by atoms with Gasteiger partial charge in [0.05, 0.1) is 0 Å². The number of aromatic nitrogens is 3. The van der Waals surface area contributed by atoms with Gasteiger partial charge >= 0.3 is 0 Å². The lowest BCUT2D eigenvalue weighted by Gasteiger charge is -2.02. The maximum atomic E-state index is 4.56. The number of pyridine rings is 1. The summed E-state index contributed by atoms with van der Waals surface area (Å²) in [6.07, 6.45) is 2.84. The molecule has 2 aromatic rings. The number of nitrogens with zero attached hydrogens (tertiary/aromatic N) is 3. The molecular formula is C9H11N3O. The summed E-state index contributed by atoms with van der Waals surface area (Å²) in [7, 11) is 0. The molecule has 0 atom stereocenters. The van der Waals surface area contributed by atoms with Crippen molar-refractivity contribution in [3.05, 3.63) is 17.8 Å². The van der Waals surface area contributed by atoms with Crippen LogP contribution in [-0.2, 0) is 6.42 Å². The molecule has 2 rings (SSSR count). The van der Waals surface area contributed by atoms with Crippen molar-refractivity contribution in [2.24, 2.45) is 5.92 Å². The molecule has 0 aliphatic rings. The molecule has 0 radical (unpaired) electrons. The number of hydrogen-bond donors (Lipinski definition) is 0. The van der Waals surface area contributed by atoms with Crippen LogP contribution < -0.4 is 0 Å². The molecule has 0 amide bonds. The van der Waals surface area contributed by atoms with E-state index in [0.29, 0.717) is 11.6 Å². The summed E-state index contributed by atoms with van der Waals surface area (Å²) < 4.78 is 4.56. The second-order valence-electron chi connectivity index (χ2n) is 3.55. The van der Waals surface area contributed by atoms with Crippen molar-refractivity contribution in [3.8, 4) is 0 Å². The molecule has 0 bridgehead atoms. The second kappa shape index (κ2) is 3.12. The zero-order valence-corrected chi connectivity index (χ0v) is 7.69. The van der Waals surface area contributed by atoms with Gasteiger partial charge in [0.15, 0.2) is 5.52 Å². The fourth-order valence-electron chi connectivity index (χ4n) is 1.31. The first-order chi connectivity index (χ1) is 6.25. The smallest absolute Gasteiger partial charge is 0.224 e. The van der Waals surface area contributed by atoms with Gasteiger partial charge in [0.2, 0.25) is 5.65 Å². The molecule has 0 unspecified atom stereocenters. The summed E-state index contributed by atoms with van der Waals surface area (Å²) in [4.78, 5) is 4.13. The lowest BCUT2D eigenvalue weighted by Crippen LogP contribution is -1.94. The van der Waals surface area contributed by atoms with E-state index in [1.54, 1.807) is 0 Å². The standard InChI is InChI=1S/C9H11N3O/c1-6(2)3-7-4-8-9(10-5-7)12-13-11-8/h4-6H,3H2,1-2H3. The largest absolute Gasteiger partial charge is 0.242 e. The van der Waals surface area contributed by atoms with E-state index in [-0.39, 0.29) is 0 Å². The van der Waals surface area contributed by atoms with Crippen LogP contribution in [0.25, 0.3) is 11.2 Å². The van der Waals surface area contributed by atoms with Crippen LogP contribution in [-0.4, -0.2) is 15.3 Å². The van der Waals surface area contributed by atoms with Crippen LogP contribution >= 0.6 is 0 Å². The van der Waals surface area contributed by atoms with E-state index in [1.807, 2.05) is 12.3 Å². The molecule has 0 saturated heterocycles. The summed E-state index contributed by atoms with van der Waals surface area (Å²) in [5.74, 6) is 0.624. The van der Waals surface area contributed by atoms with E-state index in [0.717, 1.165) is 11.9 Å². The lowest BCUT2D eigenvalue weighted by atomic mass is 10.1. The minimum Gasteiger partial charge on any atom is -0.242 e. The summed E-state index contributed by atoms with van der Waals surface area (Å²) >= 11 is 0. The Bertz CT molecular complexity index is 408. The van der Waals surface area contributed by atoms with Crippen LogP contribution in [0.3, 0.4) is 0 Å². The van der Waals surface area contributed by atoms with Gasteiger partial charge in [-0.25, -0.2) is 9.61 Å². The third-order valence-electron chi connectivity index (χ3n) is 1.81. The predicted molar refractivity (Wildman–Crippen MR) is 48.1 cm³/mol. The average Bonchev–Trinajstić information content (AvgIpc) is 2.49. The quantitative estimate of drug-likeness (QED) is 0.702. The Balaban J connectivity index is 2.37. The third kappa shape index (κ3) is 1.66. The fourth-order valence-corrected chi connectivity index (χ4v) is 1.31. The van der Waals surface area contributed by atoms with Crippen molar-refractivity contribution >= 4 is 11.2 Å². The molecule has 0 N–H and O–H groups in total. The Kier molecular flexibility index (Phi) is 1.96. The van der Waals surface area contributed by atoms with Crippen LogP contribution in [0.1, 0.15) is 19.4 Å². The minimum atomic E-state index is 0.576. The van der Waals surface area contributed by atoms with Gasteiger partial charge in [-0.05, 0) is 34.3 Å². The maximum absolute atomic E-state index is 4.56. The molecule has 4 heteroatoms. The summed E-state index contributed by atoms with van der Waals surface area (Å²) in [6.45, 7) is 4.34. The minimum absolute atomic E-state index is 0.576. The highest BCUT2D eigenvalue weighted by Crippen LogP contribution is 2.11. The molecule has 4 nitrogen and oxygen atoms in total. The second-order valence-corrected chi connectivity index (χ2v) is 3.55. The maximum Gasteiger partial charge on any atom is 0.224 e. The Morgan fingerprint density at radius 2 is 2.23 bits per heavy atom. The molecule has 0 spiro atoms. The van der Waals surface area contributed by atoms with Crippen LogP contribution in [0.5, 0.6) is 0 Å². The average molecular weight is 177 g/mol. The van der Waals surface area contributed by atoms with Gasteiger partial charge in [-0.1, -0.05) is 13.8 Å². The van der Waals surface area contributed by atoms with Gasteiger partial charge in [0.25, 0.3) is 0 Å². The molecule has 0 aliphatic heterocycles. The van der Waals surface area contributed by atoms with Crippen molar-refractivity contribution in [3.63, 3.8) is 0 Å². The summed E-state index contributed by atoms with van der Waals surface area (Å²) in [6, 6.07) is 1.97. The number of fused-ring (bicyclic) bond motifs is 1. The molecule has 0 fully saturated rings. The highest BCUT2D eigenvalue weighted by molar-refractivity contribution is 5.68. The van der Waals surface area contributed by atoms with Crippen LogP contribution in [0.15, 0.2) is 16.9 Å². The summed E-state index contributed by atoms with van der Waals surface area (Å²) in [5, 5.41) is 7.38. The van der Waals surface area contributed by atoms with Crippen LogP contribution in [0, 0.1) is 5.92 Å². The van der Waals surface area contributed by atoms with E-state index in [4.69, 9.17) is 0 Å².